The van der Waals surface area contributed by atoms with Crippen molar-refractivity contribution < 1.29 is 14.3 Å². The minimum absolute atomic E-state index is 0.0821. The fourth-order valence-corrected chi connectivity index (χ4v) is 4.58. The predicted molar refractivity (Wildman–Crippen MR) is 124 cm³/mol. The molecular formula is C22H32N6O3S. The van der Waals surface area contributed by atoms with E-state index >= 15 is 0 Å². The van der Waals surface area contributed by atoms with Crippen LogP contribution in [0.1, 0.15) is 51.9 Å². The molecule has 10 heteroatoms. The summed E-state index contributed by atoms with van der Waals surface area (Å²) >= 11 is 1.28. The van der Waals surface area contributed by atoms with Crippen molar-refractivity contribution in [1.82, 2.24) is 30.3 Å². The predicted octanol–water partition coefficient (Wildman–Crippen LogP) is 3.15. The molecule has 3 rings (SSSR count). The second-order valence-corrected chi connectivity index (χ2v) is 9.06. The van der Waals surface area contributed by atoms with Crippen LogP contribution >= 0.6 is 11.8 Å². The van der Waals surface area contributed by atoms with Gasteiger partial charge >= 0.3 is 6.03 Å². The quantitative estimate of drug-likeness (QED) is 0.584. The molecule has 1 fully saturated rings. The van der Waals surface area contributed by atoms with Gasteiger partial charge < -0.3 is 10.1 Å². The van der Waals surface area contributed by atoms with E-state index in [1.807, 2.05) is 28.8 Å². The topological polar surface area (TPSA) is 101 Å². The van der Waals surface area contributed by atoms with Crippen LogP contribution in [0.4, 0.5) is 4.79 Å². The Morgan fingerprint density at radius 1 is 1.12 bits per heavy atom. The SMILES string of the molecule is CCNC(=O)NC(=O)C(C)Sc1nnc(C(C)N2CCCCC2)n1-c1ccc(OC)cc1. The molecule has 3 amide bonds. The highest BCUT2D eigenvalue weighted by Gasteiger charge is 2.27. The van der Waals surface area contributed by atoms with Crippen molar-refractivity contribution in [2.45, 2.75) is 56.5 Å². The Morgan fingerprint density at radius 3 is 2.44 bits per heavy atom. The van der Waals surface area contributed by atoms with Gasteiger partial charge in [0.05, 0.1) is 18.4 Å². The number of piperidine rings is 1. The van der Waals surface area contributed by atoms with Crippen LogP contribution in [-0.4, -0.2) is 63.6 Å². The number of methoxy groups -OCH3 is 1. The summed E-state index contributed by atoms with van der Waals surface area (Å²) in [4.78, 5) is 26.6. The molecular weight excluding hydrogens is 428 g/mol. The van der Waals surface area contributed by atoms with E-state index < -0.39 is 11.3 Å². The highest BCUT2D eigenvalue weighted by atomic mass is 32.2. The summed E-state index contributed by atoms with van der Waals surface area (Å²) in [5, 5.41) is 14.0. The van der Waals surface area contributed by atoms with Gasteiger partial charge in [-0.3, -0.25) is 19.6 Å². The summed E-state index contributed by atoms with van der Waals surface area (Å²) < 4.78 is 7.30. The minimum atomic E-state index is -0.531. The smallest absolute Gasteiger partial charge is 0.321 e. The third-order valence-electron chi connectivity index (χ3n) is 5.53. The van der Waals surface area contributed by atoms with Crippen LogP contribution in [0.5, 0.6) is 5.75 Å². The largest absolute Gasteiger partial charge is 0.497 e. The fourth-order valence-electron chi connectivity index (χ4n) is 3.70. The lowest BCUT2D eigenvalue weighted by Gasteiger charge is -2.32. The van der Waals surface area contributed by atoms with Crippen LogP contribution in [0, 0.1) is 0 Å². The molecule has 2 N–H and O–H groups in total. The molecule has 1 aliphatic heterocycles. The van der Waals surface area contributed by atoms with E-state index in [0.29, 0.717) is 11.7 Å². The van der Waals surface area contributed by atoms with Gasteiger partial charge in [-0.1, -0.05) is 18.2 Å². The van der Waals surface area contributed by atoms with Crippen LogP contribution in [0.2, 0.25) is 0 Å². The Morgan fingerprint density at radius 2 is 1.81 bits per heavy atom. The Kier molecular flexibility index (Phi) is 8.52. The van der Waals surface area contributed by atoms with E-state index in [-0.39, 0.29) is 11.9 Å². The average molecular weight is 461 g/mol. The molecule has 2 unspecified atom stereocenters. The summed E-state index contributed by atoms with van der Waals surface area (Å²) in [6.07, 6.45) is 3.62. The molecule has 2 atom stereocenters. The summed E-state index contributed by atoms with van der Waals surface area (Å²) in [6.45, 7) is 8.21. The maximum Gasteiger partial charge on any atom is 0.321 e. The Hall–Kier alpha value is -2.59. The van der Waals surface area contributed by atoms with E-state index in [1.165, 1.54) is 31.0 Å². The first-order valence-corrected chi connectivity index (χ1v) is 11.9. The first kappa shape index (κ1) is 24.1. The number of ether oxygens (including phenoxy) is 1. The second kappa shape index (κ2) is 11.3. The lowest BCUT2D eigenvalue weighted by Crippen LogP contribution is -2.42. The lowest BCUT2D eigenvalue weighted by molar-refractivity contribution is -0.119. The number of carbonyl (C=O) groups is 2. The second-order valence-electron chi connectivity index (χ2n) is 7.76. The van der Waals surface area contributed by atoms with Crippen molar-refractivity contribution >= 4 is 23.7 Å². The van der Waals surface area contributed by atoms with Crippen molar-refractivity contribution in [3.05, 3.63) is 30.1 Å². The highest BCUT2D eigenvalue weighted by molar-refractivity contribution is 8.00. The Bertz CT molecular complexity index is 911. The van der Waals surface area contributed by atoms with Gasteiger partial charge in [-0.2, -0.15) is 0 Å². The number of thioether (sulfide) groups is 1. The van der Waals surface area contributed by atoms with Crippen LogP contribution in [0.25, 0.3) is 5.69 Å². The zero-order valence-electron chi connectivity index (χ0n) is 19.1. The summed E-state index contributed by atoms with van der Waals surface area (Å²) in [5.74, 6) is 1.21. The monoisotopic (exact) mass is 460 g/mol. The molecule has 0 saturated carbocycles. The van der Waals surface area contributed by atoms with Gasteiger partial charge in [0, 0.05) is 12.2 Å². The molecule has 174 valence electrons. The molecule has 2 heterocycles. The summed E-state index contributed by atoms with van der Waals surface area (Å²) in [5.41, 5.74) is 0.897. The maximum absolute atomic E-state index is 12.5. The van der Waals surface area contributed by atoms with E-state index in [1.54, 1.807) is 21.0 Å². The number of rotatable bonds is 8. The fraction of sp³-hybridized carbons (Fsp3) is 0.545. The number of aromatic nitrogens is 3. The molecule has 0 radical (unpaired) electrons. The molecule has 32 heavy (non-hydrogen) atoms. The molecule has 0 bridgehead atoms. The van der Waals surface area contributed by atoms with Gasteiger partial charge in [0.25, 0.3) is 0 Å². The standard InChI is InChI=1S/C22H32N6O3S/c1-5-23-21(30)24-20(29)16(3)32-22-26-25-19(15(2)27-13-7-6-8-14-27)28(22)17-9-11-18(31-4)12-10-17/h9-12,15-16H,5-8,13-14H2,1-4H3,(H2,23,24,29,30). The summed E-state index contributed by atoms with van der Waals surface area (Å²) in [6, 6.07) is 7.28. The van der Waals surface area contributed by atoms with E-state index in [4.69, 9.17) is 4.74 Å². The number of urea groups is 1. The number of amides is 3. The third kappa shape index (κ3) is 5.80. The number of hydrogen-bond acceptors (Lipinski definition) is 7. The first-order valence-electron chi connectivity index (χ1n) is 11.0. The van der Waals surface area contributed by atoms with Crippen molar-refractivity contribution in [2.24, 2.45) is 0 Å². The highest BCUT2D eigenvalue weighted by Crippen LogP contribution is 2.31. The minimum Gasteiger partial charge on any atom is -0.497 e. The van der Waals surface area contributed by atoms with Gasteiger partial charge in [-0.25, -0.2) is 4.79 Å². The number of nitrogens with zero attached hydrogens (tertiary/aromatic N) is 4. The molecule has 1 saturated heterocycles. The third-order valence-corrected chi connectivity index (χ3v) is 6.57. The van der Waals surface area contributed by atoms with Crippen LogP contribution in [0.3, 0.4) is 0 Å². The molecule has 0 aliphatic carbocycles. The van der Waals surface area contributed by atoms with Gasteiger partial charge in [0.2, 0.25) is 5.91 Å². The van der Waals surface area contributed by atoms with Crippen molar-refractivity contribution in [3.8, 4) is 11.4 Å². The van der Waals surface area contributed by atoms with Crippen molar-refractivity contribution in [1.29, 1.82) is 0 Å². The normalized spacial score (nSPS) is 16.2. The first-order chi connectivity index (χ1) is 15.4. The van der Waals surface area contributed by atoms with Gasteiger partial charge in [0.1, 0.15) is 5.75 Å². The van der Waals surface area contributed by atoms with Gasteiger partial charge in [-0.15, -0.1) is 10.2 Å². The summed E-state index contributed by atoms with van der Waals surface area (Å²) in [7, 11) is 1.63. The Balaban J connectivity index is 1.88. The number of hydrogen-bond donors (Lipinski definition) is 2. The zero-order chi connectivity index (χ0) is 23.1. The van der Waals surface area contributed by atoms with E-state index in [2.05, 4.69) is 32.7 Å². The van der Waals surface area contributed by atoms with Gasteiger partial charge in [0.15, 0.2) is 11.0 Å². The van der Waals surface area contributed by atoms with Crippen molar-refractivity contribution in [3.63, 3.8) is 0 Å². The zero-order valence-corrected chi connectivity index (χ0v) is 19.9. The van der Waals surface area contributed by atoms with Crippen LogP contribution in [-0.2, 0) is 4.79 Å². The molecule has 1 aliphatic rings. The van der Waals surface area contributed by atoms with Crippen LogP contribution in [0.15, 0.2) is 29.4 Å². The lowest BCUT2D eigenvalue weighted by atomic mass is 10.1. The molecule has 1 aromatic carbocycles. The number of likely N-dealkylation sites (tertiary alicyclic amines) is 1. The molecule has 1 aromatic heterocycles. The van der Waals surface area contributed by atoms with E-state index in [9.17, 15) is 9.59 Å². The number of imide groups is 1. The number of nitrogens with one attached hydrogen (secondary N) is 2. The van der Waals surface area contributed by atoms with Gasteiger partial charge in [-0.05, 0) is 71.0 Å². The average Bonchev–Trinajstić information content (AvgIpc) is 3.22. The molecule has 2 aromatic rings. The molecule has 9 nitrogen and oxygen atoms in total. The maximum atomic E-state index is 12.5. The number of benzene rings is 1. The Labute approximate surface area is 193 Å². The van der Waals surface area contributed by atoms with Crippen molar-refractivity contribution in [2.75, 3.05) is 26.7 Å². The van der Waals surface area contributed by atoms with Crippen LogP contribution < -0.4 is 15.4 Å². The van der Waals surface area contributed by atoms with E-state index in [0.717, 1.165) is 30.4 Å². The molecule has 0 spiro atoms. The number of carbonyl (C=O) groups excluding carboxylic acids is 2.